The Morgan fingerprint density at radius 3 is 2.80 bits per heavy atom. The summed E-state index contributed by atoms with van der Waals surface area (Å²) in [6.07, 6.45) is 3.28. The van der Waals surface area contributed by atoms with Gasteiger partial charge in [0.05, 0.1) is 12.5 Å². The summed E-state index contributed by atoms with van der Waals surface area (Å²) in [6.45, 7) is 10.5. The van der Waals surface area contributed by atoms with Crippen LogP contribution < -0.4 is 15.5 Å². The fraction of sp³-hybridized carbons (Fsp3) is 0.500. The summed E-state index contributed by atoms with van der Waals surface area (Å²) < 4.78 is 0. The normalized spacial score (nSPS) is 20.4. The van der Waals surface area contributed by atoms with Crippen molar-refractivity contribution in [2.75, 3.05) is 18.0 Å². The first-order valence-corrected chi connectivity index (χ1v) is 9.01. The van der Waals surface area contributed by atoms with Crippen LogP contribution in [-0.2, 0) is 9.59 Å². The van der Waals surface area contributed by atoms with Crippen molar-refractivity contribution < 1.29 is 9.59 Å². The molecule has 5 nitrogen and oxygen atoms in total. The van der Waals surface area contributed by atoms with E-state index in [9.17, 15) is 9.59 Å². The largest absolute Gasteiger partial charge is 0.359 e. The molecule has 1 aliphatic heterocycles. The van der Waals surface area contributed by atoms with Crippen molar-refractivity contribution >= 4 is 17.5 Å². The Hall–Kier alpha value is -2.30. The van der Waals surface area contributed by atoms with Gasteiger partial charge < -0.3 is 15.5 Å². The van der Waals surface area contributed by atoms with Crippen molar-refractivity contribution in [2.45, 2.75) is 51.6 Å². The third-order valence-corrected chi connectivity index (χ3v) is 4.81. The maximum absolute atomic E-state index is 12.7. The summed E-state index contributed by atoms with van der Waals surface area (Å²) in [4.78, 5) is 27.0. The quantitative estimate of drug-likeness (QED) is 0.748. The molecule has 1 aromatic rings. The van der Waals surface area contributed by atoms with E-state index in [1.165, 1.54) is 0 Å². The highest BCUT2D eigenvalue weighted by Gasteiger charge is 2.34. The lowest BCUT2D eigenvalue weighted by Crippen LogP contribution is -2.47. The monoisotopic (exact) mass is 343 g/mol. The first kappa shape index (κ1) is 19.0. The minimum absolute atomic E-state index is 0.0379. The van der Waals surface area contributed by atoms with Crippen LogP contribution in [0.2, 0.25) is 0 Å². The highest BCUT2D eigenvalue weighted by molar-refractivity contribution is 5.88. The van der Waals surface area contributed by atoms with Crippen molar-refractivity contribution in [3.63, 3.8) is 0 Å². The third kappa shape index (κ3) is 4.62. The molecule has 0 radical (unpaired) electrons. The van der Waals surface area contributed by atoms with Crippen LogP contribution in [0, 0.1) is 0 Å². The molecule has 3 atom stereocenters. The molecular weight excluding hydrogens is 314 g/mol. The van der Waals surface area contributed by atoms with Crippen LogP contribution >= 0.6 is 0 Å². The van der Waals surface area contributed by atoms with Gasteiger partial charge >= 0.3 is 0 Å². The number of fused-ring (bicyclic) bond motifs is 1. The number of anilines is 1. The van der Waals surface area contributed by atoms with E-state index in [4.69, 9.17) is 0 Å². The van der Waals surface area contributed by atoms with Gasteiger partial charge in [-0.05, 0) is 38.3 Å². The van der Waals surface area contributed by atoms with Gasteiger partial charge in [0.15, 0.2) is 0 Å². The van der Waals surface area contributed by atoms with E-state index in [1.807, 2.05) is 31.2 Å². The van der Waals surface area contributed by atoms with Gasteiger partial charge in [-0.1, -0.05) is 31.2 Å². The molecule has 0 aliphatic carbocycles. The first-order valence-electron chi connectivity index (χ1n) is 9.01. The van der Waals surface area contributed by atoms with Gasteiger partial charge in [0.1, 0.15) is 0 Å². The van der Waals surface area contributed by atoms with E-state index >= 15 is 0 Å². The van der Waals surface area contributed by atoms with Crippen LogP contribution in [-0.4, -0.2) is 37.0 Å². The van der Waals surface area contributed by atoms with Gasteiger partial charge in [-0.15, -0.1) is 6.58 Å². The van der Waals surface area contributed by atoms with Crippen LogP contribution in [0.25, 0.3) is 0 Å². The molecular formula is C20H29N3O2. The van der Waals surface area contributed by atoms with E-state index < -0.39 is 0 Å². The second kappa shape index (κ2) is 8.70. The molecule has 1 aromatic carbocycles. The summed E-state index contributed by atoms with van der Waals surface area (Å²) in [6, 6.07) is 8.17. The zero-order valence-electron chi connectivity index (χ0n) is 15.4. The maximum Gasteiger partial charge on any atom is 0.239 e. The lowest BCUT2D eigenvalue weighted by Gasteiger charge is -2.40. The smallest absolute Gasteiger partial charge is 0.239 e. The Morgan fingerprint density at radius 1 is 1.40 bits per heavy atom. The number of amides is 2. The molecule has 2 rings (SSSR count). The lowest BCUT2D eigenvalue weighted by atomic mass is 9.85. The number of carbonyl (C=O) groups excluding carboxylic acids is 2. The molecule has 2 N–H and O–H groups in total. The van der Waals surface area contributed by atoms with Gasteiger partial charge in [0.25, 0.3) is 0 Å². The Labute approximate surface area is 150 Å². The highest BCUT2D eigenvalue weighted by Crippen LogP contribution is 2.38. The van der Waals surface area contributed by atoms with E-state index in [0.717, 1.165) is 17.7 Å². The molecule has 0 fully saturated rings. The zero-order chi connectivity index (χ0) is 18.4. The molecule has 25 heavy (non-hydrogen) atoms. The summed E-state index contributed by atoms with van der Waals surface area (Å²) in [7, 11) is 0. The fourth-order valence-electron chi connectivity index (χ4n) is 3.21. The first-order chi connectivity index (χ1) is 12.0. The number of benzene rings is 1. The number of rotatable bonds is 7. The molecule has 0 spiro atoms. The van der Waals surface area contributed by atoms with Crippen LogP contribution in [0.1, 0.15) is 45.1 Å². The third-order valence-electron chi connectivity index (χ3n) is 4.81. The van der Waals surface area contributed by atoms with E-state index in [-0.39, 0.29) is 36.4 Å². The molecule has 136 valence electrons. The summed E-state index contributed by atoms with van der Waals surface area (Å²) in [5.41, 5.74) is 1.97. The Bertz CT molecular complexity index is 629. The maximum atomic E-state index is 12.7. The van der Waals surface area contributed by atoms with Crippen molar-refractivity contribution in [2.24, 2.45) is 0 Å². The molecule has 0 bridgehead atoms. The van der Waals surface area contributed by atoms with Crippen molar-refractivity contribution in [3.8, 4) is 0 Å². The van der Waals surface area contributed by atoms with Crippen molar-refractivity contribution in [1.29, 1.82) is 0 Å². The van der Waals surface area contributed by atoms with Gasteiger partial charge in [-0.3, -0.25) is 9.59 Å². The summed E-state index contributed by atoms with van der Waals surface area (Å²) in [5, 5.41) is 5.92. The number of para-hydroxylation sites is 1. The standard InChI is InChI=1S/C20H29N3O2/c1-5-11-21-19(24)13-23-15(4)12-17(20(25)22-14(3)6-2)16-9-7-8-10-18(16)23/h5,7-10,14-15,17H,1,6,11-13H2,2-4H3,(H,21,24)(H,22,25)/t14-,15-,17+/m0/s1. The second-order valence-corrected chi connectivity index (χ2v) is 6.73. The number of hydrogen-bond donors (Lipinski definition) is 2. The molecule has 1 heterocycles. The SMILES string of the molecule is C=CCNC(=O)CN1c2ccccc2[C@H](C(=O)N[C@@H](C)CC)C[C@@H]1C. The van der Waals surface area contributed by atoms with E-state index in [1.54, 1.807) is 6.08 Å². The van der Waals surface area contributed by atoms with Crippen molar-refractivity contribution in [1.82, 2.24) is 10.6 Å². The number of hydrogen-bond acceptors (Lipinski definition) is 3. The van der Waals surface area contributed by atoms with Gasteiger partial charge in [-0.25, -0.2) is 0 Å². The van der Waals surface area contributed by atoms with Crippen LogP contribution in [0.15, 0.2) is 36.9 Å². The van der Waals surface area contributed by atoms with E-state index in [0.29, 0.717) is 13.0 Å². The Kier molecular flexibility index (Phi) is 6.62. The highest BCUT2D eigenvalue weighted by atomic mass is 16.2. The molecule has 1 aliphatic rings. The van der Waals surface area contributed by atoms with Gasteiger partial charge in [0, 0.05) is 24.3 Å². The number of nitrogens with zero attached hydrogens (tertiary/aromatic N) is 1. The average Bonchev–Trinajstić information content (AvgIpc) is 2.61. The molecule has 0 unspecified atom stereocenters. The van der Waals surface area contributed by atoms with Crippen molar-refractivity contribution in [3.05, 3.63) is 42.5 Å². The molecule has 5 heteroatoms. The Balaban J connectivity index is 2.22. The summed E-state index contributed by atoms with van der Waals surface area (Å²) >= 11 is 0. The molecule has 0 saturated heterocycles. The predicted octanol–water partition coefficient (Wildman–Crippen LogP) is 2.59. The minimum Gasteiger partial charge on any atom is -0.359 e. The zero-order valence-corrected chi connectivity index (χ0v) is 15.4. The fourth-order valence-corrected chi connectivity index (χ4v) is 3.21. The van der Waals surface area contributed by atoms with Crippen LogP contribution in [0.4, 0.5) is 5.69 Å². The predicted molar refractivity (Wildman–Crippen MR) is 102 cm³/mol. The molecule has 0 saturated carbocycles. The van der Waals surface area contributed by atoms with E-state index in [2.05, 4.69) is 36.0 Å². The number of carbonyl (C=O) groups is 2. The topological polar surface area (TPSA) is 61.4 Å². The van der Waals surface area contributed by atoms with Gasteiger partial charge in [-0.2, -0.15) is 0 Å². The van der Waals surface area contributed by atoms with Crippen LogP contribution in [0.5, 0.6) is 0 Å². The minimum atomic E-state index is -0.173. The number of nitrogens with one attached hydrogen (secondary N) is 2. The second-order valence-electron chi connectivity index (χ2n) is 6.73. The van der Waals surface area contributed by atoms with Crippen LogP contribution in [0.3, 0.4) is 0 Å². The Morgan fingerprint density at radius 2 is 2.12 bits per heavy atom. The molecule has 0 aromatic heterocycles. The summed E-state index contributed by atoms with van der Waals surface area (Å²) in [5.74, 6) is -0.138. The molecule has 2 amide bonds. The average molecular weight is 343 g/mol. The lowest BCUT2D eigenvalue weighted by molar-refractivity contribution is -0.123. The van der Waals surface area contributed by atoms with Gasteiger partial charge in [0.2, 0.25) is 11.8 Å².